The number of alkyl halides is 3. The molecule has 0 aromatic heterocycles. The van der Waals surface area contributed by atoms with Crippen molar-refractivity contribution in [3.8, 4) is 0 Å². The van der Waals surface area contributed by atoms with Gasteiger partial charge in [-0.3, -0.25) is 14.5 Å². The van der Waals surface area contributed by atoms with Gasteiger partial charge in [0.25, 0.3) is 0 Å². The van der Waals surface area contributed by atoms with E-state index in [9.17, 15) is 31.9 Å². The van der Waals surface area contributed by atoms with Gasteiger partial charge in [-0.1, -0.05) is 42.5 Å². The van der Waals surface area contributed by atoms with E-state index in [0.717, 1.165) is 12.1 Å². The molecule has 3 aromatic carbocycles. The predicted molar refractivity (Wildman–Crippen MR) is 157 cm³/mol. The normalized spacial score (nSPS) is 20.2. The van der Waals surface area contributed by atoms with E-state index >= 15 is 0 Å². The summed E-state index contributed by atoms with van der Waals surface area (Å²) in [6, 6.07) is 18.1. The first-order valence-electron chi connectivity index (χ1n) is 14.4. The Balaban J connectivity index is 1.81. The fraction of sp³-hybridized carbons (Fsp3) is 0.265. The number of carbonyl (C=O) groups is 3. The zero-order chi connectivity index (χ0) is 32.5. The number of Topliss-reactive ketones (excluding diaryl/α,β-unsaturated/α-hetero) is 1. The Morgan fingerprint density at radius 3 is 2.09 bits per heavy atom. The smallest absolute Gasteiger partial charge is 0.416 e. The molecule has 0 spiro atoms. The number of nitrogens with zero attached hydrogens (tertiary/aromatic N) is 1. The number of allylic oxidation sites excluding steroid dienone is 2. The highest BCUT2D eigenvalue weighted by molar-refractivity contribution is 6.14. The number of anilines is 1. The maximum absolute atomic E-state index is 14.7. The SMILES string of the molecule is CCOC(=O)C1=C(N)N(c2ccc(C(F)(F)F)cc2)C2=C(C(=O)C(C(=O)OCC)C(c3ccccc3)C2)C1c1ccc(F)cc1. The Bertz CT molecular complexity index is 1670. The third-order valence-corrected chi connectivity index (χ3v) is 7.96. The van der Waals surface area contributed by atoms with Gasteiger partial charge in [0.05, 0.1) is 30.3 Å². The van der Waals surface area contributed by atoms with Crippen LogP contribution in [0.4, 0.5) is 23.2 Å². The van der Waals surface area contributed by atoms with Gasteiger partial charge in [0, 0.05) is 22.9 Å². The molecule has 0 saturated carbocycles. The number of hydrogen-bond acceptors (Lipinski definition) is 7. The molecule has 3 atom stereocenters. The Kier molecular flexibility index (Phi) is 8.81. The summed E-state index contributed by atoms with van der Waals surface area (Å²) in [5.74, 6) is -6.25. The van der Waals surface area contributed by atoms with Crippen LogP contribution in [-0.2, 0) is 30.0 Å². The summed E-state index contributed by atoms with van der Waals surface area (Å²) in [6.45, 7) is 3.16. The number of benzene rings is 3. The Morgan fingerprint density at radius 2 is 1.51 bits per heavy atom. The number of hydrogen-bond donors (Lipinski definition) is 1. The number of esters is 2. The first-order valence-corrected chi connectivity index (χ1v) is 14.4. The lowest BCUT2D eigenvalue weighted by Gasteiger charge is -2.44. The molecule has 7 nitrogen and oxygen atoms in total. The molecule has 234 valence electrons. The number of carbonyl (C=O) groups excluding carboxylic acids is 3. The van der Waals surface area contributed by atoms with Gasteiger partial charge >= 0.3 is 18.1 Å². The monoisotopic (exact) mass is 622 g/mol. The summed E-state index contributed by atoms with van der Waals surface area (Å²) in [5, 5.41) is 0. The lowest BCUT2D eigenvalue weighted by atomic mass is 9.67. The van der Waals surface area contributed by atoms with Crippen LogP contribution in [0.3, 0.4) is 0 Å². The molecule has 2 N–H and O–H groups in total. The van der Waals surface area contributed by atoms with Crippen molar-refractivity contribution < 1.29 is 41.4 Å². The van der Waals surface area contributed by atoms with E-state index in [1.165, 1.54) is 41.3 Å². The summed E-state index contributed by atoms with van der Waals surface area (Å²) in [5.41, 5.74) is 7.08. The number of ketones is 1. The molecular weight excluding hydrogens is 592 g/mol. The van der Waals surface area contributed by atoms with E-state index in [1.54, 1.807) is 44.2 Å². The van der Waals surface area contributed by atoms with Crippen LogP contribution < -0.4 is 10.6 Å². The molecule has 0 saturated heterocycles. The summed E-state index contributed by atoms with van der Waals surface area (Å²) in [4.78, 5) is 43.1. The third-order valence-electron chi connectivity index (χ3n) is 7.96. The fourth-order valence-electron chi connectivity index (χ4n) is 6.04. The molecule has 2 aliphatic rings. The van der Waals surface area contributed by atoms with Crippen LogP contribution in [0.25, 0.3) is 0 Å². The standard InChI is InChI=1S/C34H30F4N2O5/c1-3-44-32(42)27-24(19-8-6-5-7-9-19)18-25-28(30(27)41)26(20-10-14-22(35)15-11-20)29(33(43)45-4-2)31(39)40(25)23-16-12-21(13-17-23)34(36,37)38/h5-17,24,26-27H,3-4,18,39H2,1-2H3. The van der Waals surface area contributed by atoms with Crippen LogP contribution in [0.15, 0.2) is 102 Å². The van der Waals surface area contributed by atoms with Crippen molar-refractivity contribution in [1.29, 1.82) is 0 Å². The van der Waals surface area contributed by atoms with E-state index in [4.69, 9.17) is 15.2 Å². The average Bonchev–Trinajstić information content (AvgIpc) is 3.01. The zero-order valence-corrected chi connectivity index (χ0v) is 24.4. The molecule has 11 heteroatoms. The number of ether oxygens (including phenoxy) is 2. The minimum atomic E-state index is -4.61. The molecule has 1 aliphatic carbocycles. The maximum atomic E-state index is 14.7. The van der Waals surface area contributed by atoms with Crippen molar-refractivity contribution in [3.63, 3.8) is 0 Å². The molecule has 0 bridgehead atoms. The van der Waals surface area contributed by atoms with Crippen molar-refractivity contribution in [3.05, 3.63) is 124 Å². The first kappa shape index (κ1) is 31.5. The molecule has 5 rings (SSSR count). The van der Waals surface area contributed by atoms with Crippen molar-refractivity contribution in [2.75, 3.05) is 18.1 Å². The largest absolute Gasteiger partial charge is 0.465 e. The minimum absolute atomic E-state index is 0.00994. The van der Waals surface area contributed by atoms with Crippen LogP contribution in [0.5, 0.6) is 0 Å². The molecule has 0 amide bonds. The number of rotatable bonds is 7. The second kappa shape index (κ2) is 12.6. The van der Waals surface area contributed by atoms with E-state index in [1.807, 2.05) is 0 Å². The van der Waals surface area contributed by atoms with Gasteiger partial charge in [0.2, 0.25) is 0 Å². The van der Waals surface area contributed by atoms with Gasteiger partial charge < -0.3 is 15.2 Å². The molecule has 1 heterocycles. The topological polar surface area (TPSA) is 98.9 Å². The predicted octanol–water partition coefficient (Wildman–Crippen LogP) is 6.37. The van der Waals surface area contributed by atoms with Gasteiger partial charge in [0.15, 0.2) is 5.78 Å². The molecule has 3 aromatic rings. The van der Waals surface area contributed by atoms with Gasteiger partial charge in [-0.05, 0) is 67.8 Å². The Labute approximate surface area is 256 Å². The van der Waals surface area contributed by atoms with Crippen LogP contribution in [0, 0.1) is 11.7 Å². The van der Waals surface area contributed by atoms with E-state index < -0.39 is 53.0 Å². The van der Waals surface area contributed by atoms with Crippen LogP contribution in [-0.4, -0.2) is 30.9 Å². The Morgan fingerprint density at radius 1 is 0.889 bits per heavy atom. The van der Waals surface area contributed by atoms with Gasteiger partial charge in [-0.15, -0.1) is 0 Å². The van der Waals surface area contributed by atoms with Crippen LogP contribution in [0.2, 0.25) is 0 Å². The minimum Gasteiger partial charge on any atom is -0.465 e. The highest BCUT2D eigenvalue weighted by atomic mass is 19.4. The van der Waals surface area contributed by atoms with E-state index in [0.29, 0.717) is 11.1 Å². The van der Waals surface area contributed by atoms with Gasteiger partial charge in [0.1, 0.15) is 17.6 Å². The average molecular weight is 623 g/mol. The van der Waals surface area contributed by atoms with E-state index in [2.05, 4.69) is 0 Å². The quantitative estimate of drug-likeness (QED) is 0.186. The second-order valence-electron chi connectivity index (χ2n) is 10.6. The number of halogens is 4. The Hall–Kier alpha value is -4.93. The first-order chi connectivity index (χ1) is 21.5. The molecule has 45 heavy (non-hydrogen) atoms. The molecular formula is C34H30F4N2O5. The van der Waals surface area contributed by atoms with Crippen molar-refractivity contribution in [2.24, 2.45) is 11.7 Å². The maximum Gasteiger partial charge on any atom is 0.416 e. The van der Waals surface area contributed by atoms with Crippen molar-refractivity contribution in [1.82, 2.24) is 0 Å². The fourth-order valence-corrected chi connectivity index (χ4v) is 6.04. The summed E-state index contributed by atoms with van der Waals surface area (Å²) in [6.07, 6.45) is -4.58. The lowest BCUT2D eigenvalue weighted by Crippen LogP contribution is -2.46. The summed E-state index contributed by atoms with van der Waals surface area (Å²) >= 11 is 0. The molecule has 0 fully saturated rings. The van der Waals surface area contributed by atoms with Crippen molar-refractivity contribution in [2.45, 2.75) is 38.3 Å². The van der Waals surface area contributed by atoms with E-state index in [-0.39, 0.29) is 48.0 Å². The van der Waals surface area contributed by atoms with Crippen LogP contribution in [0.1, 0.15) is 48.8 Å². The highest BCUT2D eigenvalue weighted by Crippen LogP contribution is 2.51. The summed E-state index contributed by atoms with van der Waals surface area (Å²) < 4.78 is 65.1. The number of nitrogens with two attached hydrogens (primary N) is 1. The zero-order valence-electron chi connectivity index (χ0n) is 24.4. The van der Waals surface area contributed by atoms with Crippen LogP contribution >= 0.6 is 0 Å². The second-order valence-corrected chi connectivity index (χ2v) is 10.6. The van der Waals surface area contributed by atoms with Gasteiger partial charge in [-0.2, -0.15) is 13.2 Å². The van der Waals surface area contributed by atoms with Gasteiger partial charge in [-0.25, -0.2) is 9.18 Å². The molecule has 1 aliphatic heterocycles. The lowest BCUT2D eigenvalue weighted by molar-refractivity contribution is -0.152. The summed E-state index contributed by atoms with van der Waals surface area (Å²) in [7, 11) is 0. The third kappa shape index (κ3) is 5.94. The van der Waals surface area contributed by atoms with Crippen molar-refractivity contribution >= 4 is 23.4 Å². The highest BCUT2D eigenvalue weighted by Gasteiger charge is 2.51. The molecule has 3 unspecified atom stereocenters. The molecule has 0 radical (unpaired) electrons.